The van der Waals surface area contributed by atoms with Crippen molar-refractivity contribution < 1.29 is 4.74 Å². The molecule has 2 rings (SSSR count). The summed E-state index contributed by atoms with van der Waals surface area (Å²) in [6, 6.07) is 8.09. The number of ether oxygens (including phenoxy) is 1. The summed E-state index contributed by atoms with van der Waals surface area (Å²) in [5.74, 6) is 0.861. The highest BCUT2D eigenvalue weighted by molar-refractivity contribution is 5.92. The summed E-state index contributed by atoms with van der Waals surface area (Å²) < 4.78 is 5.30. The molecule has 0 aliphatic heterocycles. The maximum absolute atomic E-state index is 5.30. The number of aryl methyl sites for hydroxylation is 1. The lowest BCUT2D eigenvalue weighted by Gasteiger charge is -2.13. The second-order valence-corrected chi connectivity index (χ2v) is 5.28. The Labute approximate surface area is 120 Å². The van der Waals surface area contributed by atoms with Crippen LogP contribution in [-0.4, -0.2) is 44.2 Å². The predicted octanol–water partition coefficient (Wildman–Crippen LogP) is 2.92. The van der Waals surface area contributed by atoms with Crippen LogP contribution >= 0.6 is 0 Å². The molecule has 108 valence electrons. The van der Waals surface area contributed by atoms with E-state index >= 15 is 0 Å². The normalized spacial score (nSPS) is 11.1. The standard InChI is InChI=1S/C16H23N3O/c1-12-10-16(17-8-5-9-19(2)3)14-11-13(20-4)6-7-15(14)18-12/h6-7,10-11H,5,8-9H2,1-4H3,(H,17,18). The molecule has 0 spiro atoms. The number of nitrogens with one attached hydrogen (secondary N) is 1. The summed E-state index contributed by atoms with van der Waals surface area (Å²) in [6.07, 6.45) is 1.11. The highest BCUT2D eigenvalue weighted by atomic mass is 16.5. The van der Waals surface area contributed by atoms with Gasteiger partial charge in [0.1, 0.15) is 5.75 Å². The lowest BCUT2D eigenvalue weighted by molar-refractivity contribution is 0.405. The van der Waals surface area contributed by atoms with Crippen LogP contribution in [0.3, 0.4) is 0 Å². The molecule has 0 radical (unpaired) electrons. The van der Waals surface area contributed by atoms with E-state index in [1.807, 2.05) is 25.1 Å². The van der Waals surface area contributed by atoms with Crippen molar-refractivity contribution in [2.24, 2.45) is 0 Å². The topological polar surface area (TPSA) is 37.4 Å². The summed E-state index contributed by atoms with van der Waals surface area (Å²) in [4.78, 5) is 6.76. The van der Waals surface area contributed by atoms with Crippen LogP contribution in [0.5, 0.6) is 5.75 Å². The van der Waals surface area contributed by atoms with Gasteiger partial charge in [-0.25, -0.2) is 0 Å². The van der Waals surface area contributed by atoms with Gasteiger partial charge >= 0.3 is 0 Å². The van der Waals surface area contributed by atoms with Crippen molar-refractivity contribution in [3.63, 3.8) is 0 Å². The number of fused-ring (bicyclic) bond motifs is 1. The van der Waals surface area contributed by atoms with Gasteiger partial charge in [-0.2, -0.15) is 0 Å². The van der Waals surface area contributed by atoms with E-state index in [2.05, 4.69) is 35.4 Å². The van der Waals surface area contributed by atoms with Gasteiger partial charge < -0.3 is 15.0 Å². The largest absolute Gasteiger partial charge is 0.497 e. The van der Waals surface area contributed by atoms with E-state index in [-0.39, 0.29) is 0 Å². The number of aromatic nitrogens is 1. The van der Waals surface area contributed by atoms with Crippen LogP contribution in [0.2, 0.25) is 0 Å². The number of pyridine rings is 1. The fourth-order valence-corrected chi connectivity index (χ4v) is 2.23. The second kappa shape index (κ2) is 6.57. The molecular formula is C16H23N3O. The molecule has 0 aliphatic rings. The van der Waals surface area contributed by atoms with Crippen LogP contribution in [0.25, 0.3) is 10.9 Å². The summed E-state index contributed by atoms with van der Waals surface area (Å²) >= 11 is 0. The average molecular weight is 273 g/mol. The Bertz CT molecular complexity index is 581. The molecule has 0 aliphatic carbocycles. The maximum Gasteiger partial charge on any atom is 0.119 e. The van der Waals surface area contributed by atoms with E-state index in [4.69, 9.17) is 4.74 Å². The van der Waals surface area contributed by atoms with E-state index in [0.717, 1.165) is 47.5 Å². The zero-order valence-corrected chi connectivity index (χ0v) is 12.7. The smallest absolute Gasteiger partial charge is 0.119 e. The van der Waals surface area contributed by atoms with Crippen molar-refractivity contribution in [3.05, 3.63) is 30.0 Å². The first-order chi connectivity index (χ1) is 9.60. The van der Waals surface area contributed by atoms with Gasteiger partial charge in [-0.05, 0) is 58.3 Å². The van der Waals surface area contributed by atoms with Crippen LogP contribution in [0.4, 0.5) is 5.69 Å². The Kier molecular flexibility index (Phi) is 4.79. The summed E-state index contributed by atoms with van der Waals surface area (Å²) in [7, 11) is 5.88. The number of anilines is 1. The van der Waals surface area contributed by atoms with Gasteiger partial charge in [0, 0.05) is 23.3 Å². The zero-order chi connectivity index (χ0) is 14.5. The molecule has 1 aromatic carbocycles. The molecule has 0 fully saturated rings. The van der Waals surface area contributed by atoms with Crippen LogP contribution in [0.15, 0.2) is 24.3 Å². The van der Waals surface area contributed by atoms with Crippen molar-refractivity contribution in [3.8, 4) is 5.75 Å². The Balaban J connectivity index is 2.21. The Morgan fingerprint density at radius 1 is 1.25 bits per heavy atom. The van der Waals surface area contributed by atoms with Crippen LogP contribution in [-0.2, 0) is 0 Å². The van der Waals surface area contributed by atoms with Crippen molar-refractivity contribution in [2.75, 3.05) is 39.6 Å². The first-order valence-corrected chi connectivity index (χ1v) is 6.94. The minimum Gasteiger partial charge on any atom is -0.497 e. The summed E-state index contributed by atoms with van der Waals surface area (Å²) in [6.45, 7) is 4.06. The predicted molar refractivity (Wildman–Crippen MR) is 84.7 cm³/mol. The first kappa shape index (κ1) is 14.6. The van der Waals surface area contributed by atoms with Crippen molar-refractivity contribution in [2.45, 2.75) is 13.3 Å². The molecule has 1 N–H and O–H groups in total. The summed E-state index contributed by atoms with van der Waals surface area (Å²) in [5.41, 5.74) is 3.16. The quantitative estimate of drug-likeness (QED) is 0.821. The molecule has 4 nitrogen and oxygen atoms in total. The Morgan fingerprint density at radius 3 is 2.75 bits per heavy atom. The van der Waals surface area contributed by atoms with E-state index < -0.39 is 0 Å². The Morgan fingerprint density at radius 2 is 2.05 bits per heavy atom. The van der Waals surface area contributed by atoms with Gasteiger partial charge in [-0.3, -0.25) is 4.98 Å². The van der Waals surface area contributed by atoms with Gasteiger partial charge in [0.15, 0.2) is 0 Å². The molecule has 0 bridgehead atoms. The molecule has 1 aromatic heterocycles. The molecule has 0 saturated carbocycles. The minimum absolute atomic E-state index is 0.861. The van der Waals surface area contributed by atoms with Gasteiger partial charge in [0.2, 0.25) is 0 Å². The zero-order valence-electron chi connectivity index (χ0n) is 12.7. The molecule has 0 saturated heterocycles. The van der Waals surface area contributed by atoms with E-state index in [1.165, 1.54) is 0 Å². The van der Waals surface area contributed by atoms with Crippen molar-refractivity contribution in [1.29, 1.82) is 0 Å². The third-order valence-electron chi connectivity index (χ3n) is 3.24. The summed E-state index contributed by atoms with van der Waals surface area (Å²) in [5, 5.41) is 4.62. The van der Waals surface area contributed by atoms with Crippen LogP contribution < -0.4 is 10.1 Å². The molecular weight excluding hydrogens is 250 g/mol. The van der Waals surface area contributed by atoms with Gasteiger partial charge in [-0.15, -0.1) is 0 Å². The molecule has 1 heterocycles. The SMILES string of the molecule is COc1ccc2nc(C)cc(NCCCN(C)C)c2c1. The van der Waals surface area contributed by atoms with E-state index in [1.54, 1.807) is 7.11 Å². The van der Waals surface area contributed by atoms with E-state index in [9.17, 15) is 0 Å². The number of hydrogen-bond acceptors (Lipinski definition) is 4. The lowest BCUT2D eigenvalue weighted by atomic mass is 10.1. The lowest BCUT2D eigenvalue weighted by Crippen LogP contribution is -2.16. The molecule has 0 unspecified atom stereocenters. The van der Waals surface area contributed by atoms with Gasteiger partial charge in [-0.1, -0.05) is 0 Å². The molecule has 4 heteroatoms. The fraction of sp³-hybridized carbons (Fsp3) is 0.438. The van der Waals surface area contributed by atoms with Gasteiger partial charge in [0.05, 0.1) is 12.6 Å². The van der Waals surface area contributed by atoms with Crippen molar-refractivity contribution >= 4 is 16.6 Å². The van der Waals surface area contributed by atoms with Crippen LogP contribution in [0.1, 0.15) is 12.1 Å². The highest BCUT2D eigenvalue weighted by Gasteiger charge is 2.05. The number of benzene rings is 1. The number of rotatable bonds is 6. The number of methoxy groups -OCH3 is 1. The average Bonchev–Trinajstić information content (AvgIpc) is 2.42. The van der Waals surface area contributed by atoms with Crippen molar-refractivity contribution in [1.82, 2.24) is 9.88 Å². The highest BCUT2D eigenvalue weighted by Crippen LogP contribution is 2.27. The monoisotopic (exact) mass is 273 g/mol. The third kappa shape index (κ3) is 3.61. The minimum atomic E-state index is 0.861. The fourth-order valence-electron chi connectivity index (χ4n) is 2.23. The van der Waals surface area contributed by atoms with Crippen LogP contribution in [0, 0.1) is 6.92 Å². The van der Waals surface area contributed by atoms with E-state index in [0.29, 0.717) is 0 Å². The maximum atomic E-state index is 5.30. The van der Waals surface area contributed by atoms with Gasteiger partial charge in [0.25, 0.3) is 0 Å². The number of nitrogens with zero attached hydrogens (tertiary/aromatic N) is 2. The molecule has 0 atom stereocenters. The molecule has 2 aromatic rings. The first-order valence-electron chi connectivity index (χ1n) is 6.94. The third-order valence-corrected chi connectivity index (χ3v) is 3.24. The number of hydrogen-bond donors (Lipinski definition) is 1. The second-order valence-electron chi connectivity index (χ2n) is 5.28. The molecule has 20 heavy (non-hydrogen) atoms. The molecule has 0 amide bonds. The Hall–Kier alpha value is -1.81.